The fourth-order valence-corrected chi connectivity index (χ4v) is 2.44. The highest BCUT2D eigenvalue weighted by molar-refractivity contribution is 7.71. The fourth-order valence-electron chi connectivity index (χ4n) is 1.65. The van der Waals surface area contributed by atoms with Gasteiger partial charge in [0.05, 0.1) is 15.6 Å². The Morgan fingerprint density at radius 2 is 2.00 bits per heavy atom. The van der Waals surface area contributed by atoms with E-state index >= 15 is 0 Å². The average Bonchev–Trinajstić information content (AvgIpc) is 2.62. The van der Waals surface area contributed by atoms with Crippen molar-refractivity contribution >= 4 is 35.4 Å². The number of hydrogen-bond donors (Lipinski definition) is 1. The SMILES string of the molecule is CCCn1c(-c2c(Cl)cccc2Cl)n[nH]c1=S. The predicted molar refractivity (Wildman–Crippen MR) is 73.2 cm³/mol. The molecule has 0 saturated carbocycles. The lowest BCUT2D eigenvalue weighted by Gasteiger charge is -2.08. The van der Waals surface area contributed by atoms with E-state index in [4.69, 9.17) is 35.4 Å². The van der Waals surface area contributed by atoms with Gasteiger partial charge < -0.3 is 4.57 Å². The van der Waals surface area contributed by atoms with E-state index in [1.807, 2.05) is 4.57 Å². The van der Waals surface area contributed by atoms with Gasteiger partial charge in [0.2, 0.25) is 0 Å². The molecule has 1 heterocycles. The second-order valence-corrected chi connectivity index (χ2v) is 4.80. The van der Waals surface area contributed by atoms with Gasteiger partial charge in [-0.1, -0.05) is 36.2 Å². The number of nitrogens with zero attached hydrogens (tertiary/aromatic N) is 2. The van der Waals surface area contributed by atoms with Crippen molar-refractivity contribution in [3.05, 3.63) is 33.0 Å². The molecule has 17 heavy (non-hydrogen) atoms. The van der Waals surface area contributed by atoms with Crippen LogP contribution in [0.4, 0.5) is 0 Å². The fraction of sp³-hybridized carbons (Fsp3) is 0.273. The van der Waals surface area contributed by atoms with Crippen molar-refractivity contribution in [2.75, 3.05) is 0 Å². The maximum absolute atomic E-state index is 6.16. The topological polar surface area (TPSA) is 33.6 Å². The van der Waals surface area contributed by atoms with Crippen LogP contribution in [-0.2, 0) is 6.54 Å². The number of H-pyrrole nitrogens is 1. The molecule has 0 aliphatic rings. The van der Waals surface area contributed by atoms with Crippen molar-refractivity contribution in [3.8, 4) is 11.4 Å². The van der Waals surface area contributed by atoms with Gasteiger partial charge in [-0.25, -0.2) is 0 Å². The van der Waals surface area contributed by atoms with E-state index < -0.39 is 0 Å². The van der Waals surface area contributed by atoms with Gasteiger partial charge >= 0.3 is 0 Å². The van der Waals surface area contributed by atoms with Gasteiger partial charge in [0, 0.05) is 6.54 Å². The second-order valence-electron chi connectivity index (χ2n) is 3.60. The van der Waals surface area contributed by atoms with Crippen molar-refractivity contribution in [2.45, 2.75) is 19.9 Å². The van der Waals surface area contributed by atoms with Gasteiger partial charge in [0.1, 0.15) is 0 Å². The summed E-state index contributed by atoms with van der Waals surface area (Å²) in [5, 5.41) is 8.12. The van der Waals surface area contributed by atoms with Crippen LogP contribution in [0.3, 0.4) is 0 Å². The van der Waals surface area contributed by atoms with Gasteiger partial charge in [0.15, 0.2) is 10.6 Å². The maximum Gasteiger partial charge on any atom is 0.195 e. The molecule has 0 aliphatic heterocycles. The first-order chi connectivity index (χ1) is 8.15. The van der Waals surface area contributed by atoms with Crippen molar-refractivity contribution in [1.29, 1.82) is 0 Å². The zero-order valence-corrected chi connectivity index (χ0v) is 11.5. The van der Waals surface area contributed by atoms with Crippen LogP contribution in [0, 0.1) is 4.77 Å². The van der Waals surface area contributed by atoms with Gasteiger partial charge in [-0.2, -0.15) is 5.10 Å². The maximum atomic E-state index is 6.16. The molecular formula is C11H11Cl2N3S. The lowest BCUT2D eigenvalue weighted by atomic mass is 10.2. The molecule has 0 radical (unpaired) electrons. The lowest BCUT2D eigenvalue weighted by Crippen LogP contribution is -2.00. The first kappa shape index (κ1) is 12.6. The van der Waals surface area contributed by atoms with Crippen LogP contribution in [0.2, 0.25) is 10.0 Å². The zero-order valence-electron chi connectivity index (χ0n) is 9.20. The molecule has 1 aromatic carbocycles. The Morgan fingerprint density at radius 3 is 2.59 bits per heavy atom. The molecule has 0 fully saturated rings. The van der Waals surface area contributed by atoms with Gasteiger partial charge in [0.25, 0.3) is 0 Å². The Hall–Kier alpha value is -0.840. The number of rotatable bonds is 3. The van der Waals surface area contributed by atoms with Crippen LogP contribution in [-0.4, -0.2) is 14.8 Å². The van der Waals surface area contributed by atoms with Crippen molar-refractivity contribution in [1.82, 2.24) is 14.8 Å². The molecule has 1 N–H and O–H groups in total. The zero-order chi connectivity index (χ0) is 12.4. The quantitative estimate of drug-likeness (QED) is 0.853. The normalized spacial score (nSPS) is 10.8. The minimum Gasteiger partial charge on any atom is -0.300 e. The van der Waals surface area contributed by atoms with Crippen LogP contribution in [0.5, 0.6) is 0 Å². The highest BCUT2D eigenvalue weighted by atomic mass is 35.5. The molecule has 1 aromatic heterocycles. The van der Waals surface area contributed by atoms with E-state index in [0.29, 0.717) is 20.6 Å². The lowest BCUT2D eigenvalue weighted by molar-refractivity contribution is 0.675. The van der Waals surface area contributed by atoms with E-state index in [9.17, 15) is 0 Å². The molecule has 0 amide bonds. The molecule has 0 atom stereocenters. The van der Waals surface area contributed by atoms with Gasteiger partial charge in [-0.3, -0.25) is 5.10 Å². The molecule has 0 bridgehead atoms. The van der Waals surface area contributed by atoms with Crippen molar-refractivity contribution < 1.29 is 0 Å². The largest absolute Gasteiger partial charge is 0.300 e. The molecule has 0 aliphatic carbocycles. The monoisotopic (exact) mass is 287 g/mol. The van der Waals surface area contributed by atoms with Crippen LogP contribution in [0.15, 0.2) is 18.2 Å². The van der Waals surface area contributed by atoms with Gasteiger partial charge in [-0.15, -0.1) is 0 Å². The number of benzene rings is 1. The number of aromatic nitrogens is 3. The second kappa shape index (κ2) is 5.21. The average molecular weight is 288 g/mol. The Bertz CT molecular complexity index is 568. The Kier molecular flexibility index (Phi) is 3.86. The molecule has 6 heteroatoms. The Balaban J connectivity index is 2.65. The smallest absolute Gasteiger partial charge is 0.195 e. The van der Waals surface area contributed by atoms with Crippen LogP contribution in [0.1, 0.15) is 13.3 Å². The number of halogens is 2. The van der Waals surface area contributed by atoms with Crippen LogP contribution < -0.4 is 0 Å². The molecule has 3 nitrogen and oxygen atoms in total. The summed E-state index contributed by atoms with van der Waals surface area (Å²) in [6, 6.07) is 5.38. The summed E-state index contributed by atoms with van der Waals surface area (Å²) in [7, 11) is 0. The molecule has 0 spiro atoms. The van der Waals surface area contributed by atoms with E-state index in [2.05, 4.69) is 17.1 Å². The number of nitrogens with one attached hydrogen (secondary N) is 1. The predicted octanol–water partition coefficient (Wildman–Crippen LogP) is 4.32. The minimum atomic E-state index is 0.573. The molecule has 2 rings (SSSR count). The van der Waals surface area contributed by atoms with Gasteiger partial charge in [-0.05, 0) is 30.8 Å². The summed E-state index contributed by atoms with van der Waals surface area (Å²) in [5.74, 6) is 0.687. The highest BCUT2D eigenvalue weighted by Crippen LogP contribution is 2.33. The summed E-state index contributed by atoms with van der Waals surface area (Å²) < 4.78 is 2.49. The molecule has 0 unspecified atom stereocenters. The van der Waals surface area contributed by atoms with E-state index in [-0.39, 0.29) is 0 Å². The summed E-state index contributed by atoms with van der Waals surface area (Å²) in [5.41, 5.74) is 0.719. The van der Waals surface area contributed by atoms with Crippen LogP contribution in [0.25, 0.3) is 11.4 Å². The third-order valence-electron chi connectivity index (χ3n) is 2.39. The molecule has 0 saturated heterocycles. The third kappa shape index (κ3) is 2.39. The highest BCUT2D eigenvalue weighted by Gasteiger charge is 2.14. The molecule has 90 valence electrons. The van der Waals surface area contributed by atoms with E-state index in [0.717, 1.165) is 18.5 Å². The van der Waals surface area contributed by atoms with Crippen LogP contribution >= 0.6 is 35.4 Å². The first-order valence-electron chi connectivity index (χ1n) is 5.24. The molecule has 2 aromatic rings. The Labute approximate surface area is 114 Å². The number of aromatic amines is 1. The van der Waals surface area contributed by atoms with Crippen molar-refractivity contribution in [2.24, 2.45) is 0 Å². The summed E-state index contributed by atoms with van der Waals surface area (Å²) in [6.07, 6.45) is 0.961. The number of hydrogen-bond acceptors (Lipinski definition) is 2. The first-order valence-corrected chi connectivity index (χ1v) is 6.41. The third-order valence-corrected chi connectivity index (χ3v) is 3.33. The molecular weight excluding hydrogens is 277 g/mol. The summed E-state index contributed by atoms with van der Waals surface area (Å²) in [4.78, 5) is 0. The summed E-state index contributed by atoms with van der Waals surface area (Å²) in [6.45, 7) is 2.86. The Morgan fingerprint density at radius 1 is 1.35 bits per heavy atom. The standard InChI is InChI=1S/C11H11Cl2N3S/c1-2-6-16-10(14-15-11(16)17)9-7(12)4-3-5-8(9)13/h3-5H,2,6H2,1H3,(H,15,17). The summed E-state index contributed by atoms with van der Waals surface area (Å²) >= 11 is 17.5. The minimum absolute atomic E-state index is 0.573. The van der Waals surface area contributed by atoms with E-state index in [1.54, 1.807) is 18.2 Å². The van der Waals surface area contributed by atoms with E-state index in [1.165, 1.54) is 0 Å². The van der Waals surface area contributed by atoms with Crippen molar-refractivity contribution in [3.63, 3.8) is 0 Å².